The molecule has 3 aromatic carbocycles. The Morgan fingerprint density at radius 2 is 1.74 bits per heavy atom. The summed E-state index contributed by atoms with van der Waals surface area (Å²) in [5.41, 5.74) is 11.7. The summed E-state index contributed by atoms with van der Waals surface area (Å²) in [7, 11) is 0. The standard InChI is InChI=1S/C30H29FN2O/c1-19(27-17-23(30(32)34)11-13-25(27)21-5-3-2-4-6-21)20-7-9-22(10-8-20)26-15-16-33-29-14-12-24(31)18-28(26)29/h2-6,11-20,22H,7-10H2,1H3,(H2,32,34)/t19-,20?,22?/m1/s1. The summed E-state index contributed by atoms with van der Waals surface area (Å²) in [5, 5.41) is 0.930. The molecule has 0 saturated heterocycles. The number of carbonyl (C=O) groups is 1. The van der Waals surface area contributed by atoms with Crippen LogP contribution in [-0.2, 0) is 0 Å². The largest absolute Gasteiger partial charge is 0.366 e. The Morgan fingerprint density at radius 3 is 2.47 bits per heavy atom. The minimum atomic E-state index is -0.395. The number of hydrogen-bond acceptors (Lipinski definition) is 2. The first-order chi connectivity index (χ1) is 16.5. The molecule has 0 spiro atoms. The van der Waals surface area contributed by atoms with Gasteiger partial charge in [-0.05, 0) is 102 Å². The van der Waals surface area contributed by atoms with Gasteiger partial charge < -0.3 is 5.73 Å². The van der Waals surface area contributed by atoms with E-state index in [-0.39, 0.29) is 5.82 Å². The molecular formula is C30H29FN2O. The summed E-state index contributed by atoms with van der Waals surface area (Å²) in [6.07, 6.45) is 6.12. The Balaban J connectivity index is 1.40. The lowest BCUT2D eigenvalue weighted by Gasteiger charge is -2.34. The van der Waals surface area contributed by atoms with Crippen LogP contribution in [0.3, 0.4) is 0 Å². The van der Waals surface area contributed by atoms with E-state index in [1.54, 1.807) is 12.1 Å². The van der Waals surface area contributed by atoms with Crippen LogP contribution in [0.4, 0.5) is 4.39 Å². The molecular weight excluding hydrogens is 423 g/mol. The predicted octanol–water partition coefficient (Wildman–Crippen LogP) is 7.22. The SMILES string of the molecule is C[C@@H](c1cc(C(N)=O)ccc1-c1ccccc1)C1CCC(c2ccnc3ccc(F)cc23)CC1. The number of halogens is 1. The zero-order chi connectivity index (χ0) is 23.7. The molecule has 4 heteroatoms. The minimum absolute atomic E-state index is 0.216. The van der Waals surface area contributed by atoms with E-state index in [1.165, 1.54) is 17.2 Å². The van der Waals surface area contributed by atoms with E-state index in [0.717, 1.165) is 47.7 Å². The number of rotatable bonds is 5. The lowest BCUT2D eigenvalue weighted by molar-refractivity contribution is 0.1000. The van der Waals surface area contributed by atoms with Gasteiger partial charge in [0.2, 0.25) is 5.91 Å². The number of nitrogens with zero attached hydrogens (tertiary/aromatic N) is 1. The Hall–Kier alpha value is -3.53. The van der Waals surface area contributed by atoms with Crippen LogP contribution in [0, 0.1) is 11.7 Å². The second-order valence-electron chi connectivity index (χ2n) is 9.49. The molecule has 0 aliphatic heterocycles. The number of amides is 1. The van der Waals surface area contributed by atoms with Crippen LogP contribution in [0.5, 0.6) is 0 Å². The summed E-state index contributed by atoms with van der Waals surface area (Å²) in [4.78, 5) is 16.3. The number of primary amides is 1. The minimum Gasteiger partial charge on any atom is -0.366 e. The molecule has 5 rings (SSSR count). The summed E-state index contributed by atoms with van der Waals surface area (Å²) < 4.78 is 13.9. The van der Waals surface area contributed by atoms with Gasteiger partial charge in [-0.3, -0.25) is 9.78 Å². The van der Waals surface area contributed by atoms with Gasteiger partial charge in [0.25, 0.3) is 0 Å². The second-order valence-corrected chi connectivity index (χ2v) is 9.49. The highest BCUT2D eigenvalue weighted by molar-refractivity contribution is 5.94. The van der Waals surface area contributed by atoms with Gasteiger partial charge in [-0.15, -0.1) is 0 Å². The molecule has 0 bridgehead atoms. The molecule has 3 nitrogen and oxygen atoms in total. The highest BCUT2D eigenvalue weighted by atomic mass is 19.1. The number of fused-ring (bicyclic) bond motifs is 1. The highest BCUT2D eigenvalue weighted by Crippen LogP contribution is 2.45. The van der Waals surface area contributed by atoms with Gasteiger partial charge in [0, 0.05) is 17.1 Å². The molecule has 1 aliphatic carbocycles. The lowest BCUT2D eigenvalue weighted by atomic mass is 9.71. The van der Waals surface area contributed by atoms with Gasteiger partial charge in [0.15, 0.2) is 0 Å². The van der Waals surface area contributed by atoms with Crippen molar-refractivity contribution in [2.75, 3.05) is 0 Å². The maximum Gasteiger partial charge on any atom is 0.248 e. The molecule has 1 aliphatic rings. The van der Waals surface area contributed by atoms with E-state index in [1.807, 2.05) is 42.6 Å². The third kappa shape index (κ3) is 4.33. The summed E-state index contributed by atoms with van der Waals surface area (Å²) >= 11 is 0. The van der Waals surface area contributed by atoms with Gasteiger partial charge in [-0.25, -0.2) is 4.39 Å². The first kappa shape index (κ1) is 22.3. The smallest absolute Gasteiger partial charge is 0.248 e. The fourth-order valence-electron chi connectivity index (χ4n) is 5.65. The molecule has 2 N–H and O–H groups in total. The zero-order valence-corrected chi connectivity index (χ0v) is 19.4. The van der Waals surface area contributed by atoms with E-state index in [4.69, 9.17) is 5.73 Å². The fourth-order valence-corrected chi connectivity index (χ4v) is 5.65. The lowest BCUT2D eigenvalue weighted by Crippen LogP contribution is -2.20. The predicted molar refractivity (Wildman–Crippen MR) is 135 cm³/mol. The third-order valence-corrected chi connectivity index (χ3v) is 7.57. The molecule has 4 aromatic rings. The number of pyridine rings is 1. The van der Waals surface area contributed by atoms with E-state index >= 15 is 0 Å². The number of nitrogens with two attached hydrogens (primary N) is 1. The number of benzene rings is 3. The molecule has 1 heterocycles. The average molecular weight is 453 g/mol. The summed E-state index contributed by atoms with van der Waals surface area (Å²) in [6.45, 7) is 2.27. The quantitative estimate of drug-likeness (QED) is 0.348. The average Bonchev–Trinajstić information content (AvgIpc) is 2.88. The number of hydrogen-bond donors (Lipinski definition) is 1. The van der Waals surface area contributed by atoms with Crippen LogP contribution in [0.2, 0.25) is 0 Å². The van der Waals surface area contributed by atoms with Crippen molar-refractivity contribution in [1.29, 1.82) is 0 Å². The van der Waals surface area contributed by atoms with Crippen LogP contribution < -0.4 is 5.73 Å². The van der Waals surface area contributed by atoms with Crippen LogP contribution >= 0.6 is 0 Å². The van der Waals surface area contributed by atoms with Gasteiger partial charge in [0.1, 0.15) is 5.82 Å². The second kappa shape index (κ2) is 9.38. The number of carbonyl (C=O) groups excluding carboxylic acids is 1. The van der Waals surface area contributed by atoms with Crippen LogP contribution in [-0.4, -0.2) is 10.9 Å². The van der Waals surface area contributed by atoms with E-state index < -0.39 is 5.91 Å². The van der Waals surface area contributed by atoms with Crippen LogP contribution in [0.15, 0.2) is 79.0 Å². The Kier molecular flexibility index (Phi) is 6.14. The molecule has 34 heavy (non-hydrogen) atoms. The van der Waals surface area contributed by atoms with Crippen LogP contribution in [0.25, 0.3) is 22.0 Å². The maximum absolute atomic E-state index is 13.9. The Bertz CT molecular complexity index is 1330. The van der Waals surface area contributed by atoms with Gasteiger partial charge >= 0.3 is 0 Å². The molecule has 172 valence electrons. The summed E-state index contributed by atoms with van der Waals surface area (Å²) in [6, 6.07) is 23.1. The van der Waals surface area contributed by atoms with Crippen molar-refractivity contribution in [3.8, 4) is 11.1 Å². The molecule has 0 unspecified atom stereocenters. The first-order valence-corrected chi connectivity index (χ1v) is 12.0. The number of aromatic nitrogens is 1. The van der Waals surface area contributed by atoms with Crippen molar-refractivity contribution in [1.82, 2.24) is 4.98 Å². The zero-order valence-electron chi connectivity index (χ0n) is 19.4. The van der Waals surface area contributed by atoms with Crippen molar-refractivity contribution in [2.24, 2.45) is 11.7 Å². The molecule has 1 aromatic heterocycles. The van der Waals surface area contributed by atoms with Crippen molar-refractivity contribution in [2.45, 2.75) is 44.4 Å². The van der Waals surface area contributed by atoms with Crippen molar-refractivity contribution in [3.05, 3.63) is 102 Å². The fraction of sp³-hybridized carbons (Fsp3) is 0.267. The Labute approximate surface area is 199 Å². The van der Waals surface area contributed by atoms with E-state index in [2.05, 4.69) is 30.1 Å². The topological polar surface area (TPSA) is 56.0 Å². The van der Waals surface area contributed by atoms with Crippen LogP contribution in [0.1, 0.15) is 65.9 Å². The van der Waals surface area contributed by atoms with Crippen molar-refractivity contribution in [3.63, 3.8) is 0 Å². The van der Waals surface area contributed by atoms with E-state index in [0.29, 0.717) is 23.3 Å². The molecule has 1 atom stereocenters. The molecule has 1 saturated carbocycles. The normalized spacial score (nSPS) is 19.1. The van der Waals surface area contributed by atoms with Crippen molar-refractivity contribution < 1.29 is 9.18 Å². The van der Waals surface area contributed by atoms with Crippen molar-refractivity contribution >= 4 is 16.8 Å². The van der Waals surface area contributed by atoms with Gasteiger partial charge in [-0.1, -0.05) is 43.3 Å². The molecule has 1 fully saturated rings. The maximum atomic E-state index is 13.9. The molecule has 1 amide bonds. The first-order valence-electron chi connectivity index (χ1n) is 12.0. The Morgan fingerprint density at radius 1 is 0.971 bits per heavy atom. The van der Waals surface area contributed by atoms with E-state index in [9.17, 15) is 9.18 Å². The van der Waals surface area contributed by atoms with Gasteiger partial charge in [-0.2, -0.15) is 0 Å². The third-order valence-electron chi connectivity index (χ3n) is 7.57. The van der Waals surface area contributed by atoms with Gasteiger partial charge in [0.05, 0.1) is 5.52 Å². The monoisotopic (exact) mass is 452 g/mol. The summed E-state index contributed by atoms with van der Waals surface area (Å²) in [5.74, 6) is 0.593. The molecule has 0 radical (unpaired) electrons. The highest BCUT2D eigenvalue weighted by Gasteiger charge is 2.29.